The molecule has 0 aromatic heterocycles. The number of carbonyl (C=O) groups is 2. The molecule has 1 aliphatic carbocycles. The molecule has 0 atom stereocenters. The number of rotatable bonds is 6. The molecule has 0 heterocycles. The number of carboxylic acid groups (broad SMARTS) is 1. The molecular weight excluding hydrogens is 272 g/mol. The van der Waals surface area contributed by atoms with Crippen LogP contribution in [0.5, 0.6) is 5.75 Å². The highest BCUT2D eigenvalue weighted by molar-refractivity contribution is 5.97. The number of anilines is 1. The van der Waals surface area contributed by atoms with Gasteiger partial charge in [-0.1, -0.05) is 6.42 Å². The average molecular weight is 292 g/mol. The van der Waals surface area contributed by atoms with Gasteiger partial charge in [0.15, 0.2) is 0 Å². The fourth-order valence-electron chi connectivity index (χ4n) is 2.67. The fourth-order valence-corrected chi connectivity index (χ4v) is 2.67. The third-order valence-corrected chi connectivity index (χ3v) is 4.03. The third-order valence-electron chi connectivity index (χ3n) is 4.03. The van der Waals surface area contributed by atoms with Crippen LogP contribution in [0.4, 0.5) is 5.69 Å². The first-order valence-electron chi connectivity index (χ1n) is 6.89. The molecule has 114 valence electrons. The van der Waals surface area contributed by atoms with E-state index in [1.54, 1.807) is 18.2 Å². The normalized spacial score (nSPS) is 15.9. The molecule has 1 aromatic carbocycles. The second kappa shape index (κ2) is 6.03. The van der Waals surface area contributed by atoms with Crippen molar-refractivity contribution in [3.8, 4) is 5.75 Å². The van der Waals surface area contributed by atoms with Gasteiger partial charge in [0.2, 0.25) is 0 Å². The van der Waals surface area contributed by atoms with Crippen LogP contribution in [0.3, 0.4) is 0 Å². The summed E-state index contributed by atoms with van der Waals surface area (Å²) in [6.45, 7) is 0.367. The van der Waals surface area contributed by atoms with Gasteiger partial charge in [-0.15, -0.1) is 0 Å². The maximum atomic E-state index is 12.2. The summed E-state index contributed by atoms with van der Waals surface area (Å²) in [5.74, 6) is -0.689. The van der Waals surface area contributed by atoms with Crippen LogP contribution in [-0.4, -0.2) is 30.6 Å². The highest BCUT2D eigenvalue weighted by Crippen LogP contribution is 2.43. The first-order chi connectivity index (χ1) is 9.96. The molecule has 4 N–H and O–H groups in total. The Morgan fingerprint density at radius 1 is 1.43 bits per heavy atom. The smallest absolute Gasteiger partial charge is 0.303 e. The summed E-state index contributed by atoms with van der Waals surface area (Å²) in [6, 6.07) is 4.83. The Balaban J connectivity index is 2.03. The number of nitrogens with two attached hydrogens (primary N) is 1. The lowest BCUT2D eigenvalue weighted by atomic mass is 9.66. The molecule has 1 fully saturated rings. The zero-order chi connectivity index (χ0) is 15.5. The molecule has 21 heavy (non-hydrogen) atoms. The molecule has 1 aromatic rings. The Labute approximate surface area is 123 Å². The predicted octanol–water partition coefficient (Wildman–Crippen LogP) is 1.65. The molecule has 6 heteroatoms. The van der Waals surface area contributed by atoms with Crippen LogP contribution in [0, 0.1) is 5.41 Å². The van der Waals surface area contributed by atoms with Crippen molar-refractivity contribution in [2.24, 2.45) is 5.41 Å². The monoisotopic (exact) mass is 292 g/mol. The summed E-state index contributed by atoms with van der Waals surface area (Å²) in [6.07, 6.45) is 2.76. The number of carbonyl (C=O) groups excluding carboxylic acids is 1. The first kappa shape index (κ1) is 15.2. The number of nitrogens with one attached hydrogen (secondary N) is 1. The molecule has 0 saturated heterocycles. The number of ether oxygens (including phenoxy) is 1. The van der Waals surface area contributed by atoms with Gasteiger partial charge in [0.05, 0.1) is 19.1 Å². The highest BCUT2D eigenvalue weighted by atomic mass is 16.5. The van der Waals surface area contributed by atoms with Crippen LogP contribution < -0.4 is 15.8 Å². The standard InChI is InChI=1S/C15H20N2O4/c1-21-12-7-10(16)3-4-11(12)14(20)17-9-15(5-2-6-15)8-13(18)19/h3-4,7H,2,5-6,8-9,16H2,1H3,(H,17,20)(H,18,19). The molecule has 0 spiro atoms. The number of nitrogen functional groups attached to an aromatic ring is 1. The van der Waals surface area contributed by atoms with Crippen molar-refractivity contribution in [2.75, 3.05) is 19.4 Å². The van der Waals surface area contributed by atoms with E-state index in [1.807, 2.05) is 0 Å². The summed E-state index contributed by atoms with van der Waals surface area (Å²) < 4.78 is 5.15. The second-order valence-electron chi connectivity index (χ2n) is 5.57. The van der Waals surface area contributed by atoms with Crippen molar-refractivity contribution < 1.29 is 19.4 Å². The van der Waals surface area contributed by atoms with Gasteiger partial charge < -0.3 is 20.9 Å². The lowest BCUT2D eigenvalue weighted by molar-refractivity contribution is -0.141. The van der Waals surface area contributed by atoms with Crippen molar-refractivity contribution >= 4 is 17.6 Å². The quantitative estimate of drug-likeness (QED) is 0.692. The van der Waals surface area contributed by atoms with E-state index in [2.05, 4.69) is 5.32 Å². The Morgan fingerprint density at radius 3 is 2.67 bits per heavy atom. The van der Waals surface area contributed by atoms with Crippen LogP contribution in [0.1, 0.15) is 36.0 Å². The van der Waals surface area contributed by atoms with E-state index in [9.17, 15) is 9.59 Å². The van der Waals surface area contributed by atoms with Crippen LogP contribution in [0.2, 0.25) is 0 Å². The van der Waals surface area contributed by atoms with Crippen molar-refractivity contribution in [3.05, 3.63) is 23.8 Å². The van der Waals surface area contributed by atoms with Gasteiger partial charge >= 0.3 is 5.97 Å². The van der Waals surface area contributed by atoms with Crippen molar-refractivity contribution in [2.45, 2.75) is 25.7 Å². The number of hydrogen-bond acceptors (Lipinski definition) is 4. The summed E-state index contributed by atoms with van der Waals surface area (Å²) in [7, 11) is 1.48. The minimum absolute atomic E-state index is 0.0894. The zero-order valence-electron chi connectivity index (χ0n) is 12.0. The Kier molecular flexibility index (Phi) is 4.35. The van der Waals surface area contributed by atoms with E-state index in [0.29, 0.717) is 23.5 Å². The van der Waals surface area contributed by atoms with E-state index < -0.39 is 5.97 Å². The largest absolute Gasteiger partial charge is 0.496 e. The fraction of sp³-hybridized carbons (Fsp3) is 0.467. The predicted molar refractivity (Wildman–Crippen MR) is 78.3 cm³/mol. The van der Waals surface area contributed by atoms with Crippen LogP contribution >= 0.6 is 0 Å². The minimum Gasteiger partial charge on any atom is -0.496 e. The second-order valence-corrected chi connectivity index (χ2v) is 5.57. The highest BCUT2D eigenvalue weighted by Gasteiger charge is 2.39. The van der Waals surface area contributed by atoms with E-state index in [4.69, 9.17) is 15.6 Å². The van der Waals surface area contributed by atoms with E-state index >= 15 is 0 Å². The van der Waals surface area contributed by atoms with Gasteiger partial charge in [-0.2, -0.15) is 0 Å². The van der Waals surface area contributed by atoms with Crippen molar-refractivity contribution in [1.29, 1.82) is 0 Å². The van der Waals surface area contributed by atoms with Gasteiger partial charge in [-0.3, -0.25) is 9.59 Å². The summed E-state index contributed by atoms with van der Waals surface area (Å²) in [4.78, 5) is 23.1. The molecule has 1 saturated carbocycles. The molecule has 0 radical (unpaired) electrons. The maximum absolute atomic E-state index is 12.2. The molecule has 0 aliphatic heterocycles. The van der Waals surface area contributed by atoms with E-state index in [1.165, 1.54) is 7.11 Å². The minimum atomic E-state index is -0.825. The molecule has 0 unspecified atom stereocenters. The third kappa shape index (κ3) is 3.45. The lowest BCUT2D eigenvalue weighted by Gasteiger charge is -2.40. The van der Waals surface area contributed by atoms with E-state index in [0.717, 1.165) is 19.3 Å². The van der Waals surface area contributed by atoms with Crippen molar-refractivity contribution in [1.82, 2.24) is 5.32 Å². The van der Waals surface area contributed by atoms with Gasteiger partial charge in [0, 0.05) is 18.3 Å². The lowest BCUT2D eigenvalue weighted by Crippen LogP contribution is -2.43. The Hall–Kier alpha value is -2.24. The Bertz CT molecular complexity index is 553. The molecule has 2 rings (SSSR count). The Morgan fingerprint density at radius 2 is 2.14 bits per heavy atom. The summed E-state index contributed by atoms with van der Waals surface area (Å²) in [5, 5.41) is 11.8. The van der Waals surface area contributed by atoms with Crippen LogP contribution in [0.25, 0.3) is 0 Å². The van der Waals surface area contributed by atoms with Crippen LogP contribution in [-0.2, 0) is 4.79 Å². The average Bonchev–Trinajstić information content (AvgIpc) is 2.40. The molecule has 1 aliphatic rings. The first-order valence-corrected chi connectivity index (χ1v) is 6.89. The summed E-state index contributed by atoms with van der Waals surface area (Å²) in [5.41, 5.74) is 6.27. The number of methoxy groups -OCH3 is 1. The zero-order valence-corrected chi connectivity index (χ0v) is 12.0. The van der Waals surface area contributed by atoms with Crippen molar-refractivity contribution in [3.63, 3.8) is 0 Å². The van der Waals surface area contributed by atoms with Crippen LogP contribution in [0.15, 0.2) is 18.2 Å². The number of aliphatic carboxylic acids is 1. The number of carboxylic acids is 1. The topological polar surface area (TPSA) is 102 Å². The van der Waals surface area contributed by atoms with E-state index in [-0.39, 0.29) is 17.7 Å². The SMILES string of the molecule is COc1cc(N)ccc1C(=O)NCC1(CC(=O)O)CCC1. The molecule has 6 nitrogen and oxygen atoms in total. The molecule has 0 bridgehead atoms. The van der Waals surface area contributed by atoms with Gasteiger partial charge in [0.1, 0.15) is 5.75 Å². The molecular formula is C15H20N2O4. The number of hydrogen-bond donors (Lipinski definition) is 3. The van der Waals surface area contributed by atoms with Gasteiger partial charge in [-0.25, -0.2) is 0 Å². The van der Waals surface area contributed by atoms with Gasteiger partial charge in [-0.05, 0) is 30.4 Å². The number of amides is 1. The number of benzene rings is 1. The summed E-state index contributed by atoms with van der Waals surface area (Å²) >= 11 is 0. The molecule has 1 amide bonds. The van der Waals surface area contributed by atoms with Gasteiger partial charge in [0.25, 0.3) is 5.91 Å². The maximum Gasteiger partial charge on any atom is 0.303 e.